The lowest BCUT2D eigenvalue weighted by Crippen LogP contribution is -2.53. The number of para-hydroxylation sites is 1. The van der Waals surface area contributed by atoms with E-state index in [2.05, 4.69) is 34.1 Å². The quantitative estimate of drug-likeness (QED) is 0.746. The summed E-state index contributed by atoms with van der Waals surface area (Å²) in [7, 11) is 0. The monoisotopic (exact) mass is 340 g/mol. The van der Waals surface area contributed by atoms with Crippen LogP contribution in [-0.2, 0) is 11.2 Å². The Hall–Kier alpha value is -1.85. The predicted molar refractivity (Wildman–Crippen MR) is 94.3 cm³/mol. The van der Waals surface area contributed by atoms with Gasteiger partial charge in [0.05, 0.1) is 18.1 Å². The van der Waals surface area contributed by atoms with E-state index in [-0.39, 0.29) is 12.0 Å². The molecule has 1 unspecified atom stereocenters. The molecule has 1 aromatic heterocycles. The van der Waals surface area contributed by atoms with E-state index in [9.17, 15) is 15.0 Å². The molecule has 2 aliphatic heterocycles. The highest BCUT2D eigenvalue weighted by atomic mass is 16.4. The summed E-state index contributed by atoms with van der Waals surface area (Å²) in [4.78, 5) is 17.9. The van der Waals surface area contributed by atoms with Gasteiger partial charge in [-0.1, -0.05) is 18.2 Å². The Balaban J connectivity index is 1.54. The molecule has 0 amide bonds. The van der Waals surface area contributed by atoms with Crippen molar-refractivity contribution in [1.29, 1.82) is 0 Å². The lowest BCUT2D eigenvalue weighted by Gasteiger charge is -2.50. The number of aliphatic hydroxyl groups excluding tert-OH is 1. The molecule has 1 aliphatic carbocycles. The number of rotatable bonds is 1. The van der Waals surface area contributed by atoms with Gasteiger partial charge in [-0.25, -0.2) is 0 Å². The van der Waals surface area contributed by atoms with Crippen LogP contribution in [0.4, 0.5) is 0 Å². The Labute approximate surface area is 146 Å². The number of nitrogens with one attached hydrogen (secondary N) is 1. The van der Waals surface area contributed by atoms with Crippen LogP contribution in [0.1, 0.15) is 36.6 Å². The number of carboxylic acids is 1. The molecule has 5 rings (SSSR count). The molecule has 3 aliphatic rings. The third-order valence-electron chi connectivity index (χ3n) is 6.83. The minimum atomic E-state index is -0.830. The SMILES string of the molecule is O=C(O)[C@@H]1C(O)CC[C@@H]2CN3CCc4c([nH]c5ccccc45)[C@@H]3C[C@@H]21. The van der Waals surface area contributed by atoms with Gasteiger partial charge in [-0.2, -0.15) is 0 Å². The lowest BCUT2D eigenvalue weighted by molar-refractivity contribution is -0.156. The zero-order valence-corrected chi connectivity index (χ0v) is 14.2. The van der Waals surface area contributed by atoms with E-state index < -0.39 is 18.0 Å². The number of carboxylic acid groups (broad SMARTS) is 1. The minimum Gasteiger partial charge on any atom is -0.481 e. The van der Waals surface area contributed by atoms with Crippen molar-refractivity contribution < 1.29 is 15.0 Å². The van der Waals surface area contributed by atoms with E-state index in [1.807, 2.05) is 0 Å². The number of benzene rings is 1. The Kier molecular flexibility index (Phi) is 3.44. The average molecular weight is 340 g/mol. The molecule has 1 saturated heterocycles. The van der Waals surface area contributed by atoms with Gasteiger partial charge >= 0.3 is 5.97 Å². The lowest BCUT2D eigenvalue weighted by atomic mass is 9.65. The van der Waals surface area contributed by atoms with Gasteiger partial charge < -0.3 is 15.2 Å². The molecule has 2 fully saturated rings. The molecule has 5 atom stereocenters. The molecule has 5 nitrogen and oxygen atoms in total. The average Bonchev–Trinajstić information content (AvgIpc) is 2.99. The van der Waals surface area contributed by atoms with Gasteiger partial charge in [0, 0.05) is 29.7 Å². The molecule has 1 aromatic carbocycles. The summed E-state index contributed by atoms with van der Waals surface area (Å²) in [6.07, 6.45) is 2.75. The van der Waals surface area contributed by atoms with Crippen LogP contribution in [0, 0.1) is 17.8 Å². The maximum absolute atomic E-state index is 11.8. The molecular weight excluding hydrogens is 316 g/mol. The number of carbonyl (C=O) groups is 1. The van der Waals surface area contributed by atoms with Gasteiger partial charge in [0.25, 0.3) is 0 Å². The molecule has 1 saturated carbocycles. The van der Waals surface area contributed by atoms with Crippen molar-refractivity contribution in [2.24, 2.45) is 17.8 Å². The maximum Gasteiger partial charge on any atom is 0.309 e. The van der Waals surface area contributed by atoms with Gasteiger partial charge in [-0.05, 0) is 49.1 Å². The van der Waals surface area contributed by atoms with Crippen molar-refractivity contribution in [1.82, 2.24) is 9.88 Å². The highest BCUT2D eigenvalue weighted by Crippen LogP contribution is 2.49. The summed E-state index contributed by atoms with van der Waals surface area (Å²) >= 11 is 0. The first kappa shape index (κ1) is 15.4. The smallest absolute Gasteiger partial charge is 0.309 e. The summed E-state index contributed by atoms with van der Waals surface area (Å²) < 4.78 is 0. The summed E-state index contributed by atoms with van der Waals surface area (Å²) in [5.74, 6) is -0.981. The molecule has 0 spiro atoms. The van der Waals surface area contributed by atoms with Crippen molar-refractivity contribution in [3.05, 3.63) is 35.5 Å². The summed E-state index contributed by atoms with van der Waals surface area (Å²) in [6, 6.07) is 8.68. The Bertz CT molecular complexity index is 829. The first-order chi connectivity index (χ1) is 12.1. The number of aromatic amines is 1. The Morgan fingerprint density at radius 1 is 1.24 bits per heavy atom. The molecule has 0 bridgehead atoms. The Morgan fingerprint density at radius 2 is 2.08 bits per heavy atom. The second-order valence-corrected chi connectivity index (χ2v) is 7.99. The van der Waals surface area contributed by atoms with E-state index in [4.69, 9.17) is 0 Å². The van der Waals surface area contributed by atoms with Gasteiger partial charge in [0.15, 0.2) is 0 Å². The maximum atomic E-state index is 11.8. The number of H-pyrrole nitrogens is 1. The standard InChI is InChI=1S/C20H24N2O3/c23-17-6-5-11-10-22-8-7-13-12-3-1-2-4-15(12)21-19(13)16(22)9-14(11)18(17)20(24)25/h1-4,11,14,16-18,21,23H,5-10H2,(H,24,25)/t11-,14+,16+,17?,18+/m1/s1. The predicted octanol–water partition coefficient (Wildman–Crippen LogP) is 2.56. The number of fused-ring (bicyclic) bond motifs is 6. The van der Waals surface area contributed by atoms with Crippen molar-refractivity contribution in [3.63, 3.8) is 0 Å². The molecule has 0 radical (unpaired) electrons. The van der Waals surface area contributed by atoms with Crippen molar-refractivity contribution in [2.75, 3.05) is 13.1 Å². The molecule has 132 valence electrons. The summed E-state index contributed by atoms with van der Waals surface area (Å²) in [6.45, 7) is 2.00. The zero-order valence-electron chi connectivity index (χ0n) is 14.2. The number of hydrogen-bond acceptors (Lipinski definition) is 3. The fraction of sp³-hybridized carbons (Fsp3) is 0.550. The summed E-state index contributed by atoms with van der Waals surface area (Å²) in [5.41, 5.74) is 3.85. The van der Waals surface area contributed by atoms with Crippen LogP contribution in [0.2, 0.25) is 0 Å². The number of aromatic nitrogens is 1. The van der Waals surface area contributed by atoms with Crippen LogP contribution < -0.4 is 0 Å². The van der Waals surface area contributed by atoms with Crippen molar-refractivity contribution in [3.8, 4) is 0 Å². The Morgan fingerprint density at radius 3 is 2.92 bits per heavy atom. The van der Waals surface area contributed by atoms with Crippen LogP contribution in [0.25, 0.3) is 10.9 Å². The van der Waals surface area contributed by atoms with Crippen molar-refractivity contribution in [2.45, 2.75) is 37.8 Å². The van der Waals surface area contributed by atoms with Crippen molar-refractivity contribution >= 4 is 16.9 Å². The molecule has 5 heteroatoms. The number of aliphatic hydroxyl groups is 1. The fourth-order valence-electron chi connectivity index (χ4n) is 5.68. The molecule has 3 N–H and O–H groups in total. The van der Waals surface area contributed by atoms with E-state index >= 15 is 0 Å². The second kappa shape index (κ2) is 5.58. The van der Waals surface area contributed by atoms with Crippen LogP contribution in [-0.4, -0.2) is 45.3 Å². The zero-order chi connectivity index (χ0) is 17.1. The third-order valence-corrected chi connectivity index (χ3v) is 6.83. The van der Waals surface area contributed by atoms with E-state index in [1.54, 1.807) is 0 Å². The van der Waals surface area contributed by atoms with Crippen LogP contribution in [0.3, 0.4) is 0 Å². The van der Waals surface area contributed by atoms with E-state index in [0.717, 1.165) is 32.4 Å². The van der Waals surface area contributed by atoms with E-state index in [0.29, 0.717) is 12.3 Å². The highest BCUT2D eigenvalue weighted by molar-refractivity contribution is 5.85. The summed E-state index contributed by atoms with van der Waals surface area (Å²) in [5, 5.41) is 21.3. The number of nitrogens with zero attached hydrogens (tertiary/aromatic N) is 1. The fourth-order valence-corrected chi connectivity index (χ4v) is 5.68. The molecule has 25 heavy (non-hydrogen) atoms. The van der Waals surface area contributed by atoms with Gasteiger partial charge in [-0.3, -0.25) is 9.69 Å². The van der Waals surface area contributed by atoms with E-state index in [1.165, 1.54) is 22.2 Å². The first-order valence-corrected chi connectivity index (χ1v) is 9.38. The van der Waals surface area contributed by atoms with Gasteiger partial charge in [-0.15, -0.1) is 0 Å². The topological polar surface area (TPSA) is 76.6 Å². The number of piperidine rings is 1. The highest BCUT2D eigenvalue weighted by Gasteiger charge is 2.49. The largest absolute Gasteiger partial charge is 0.481 e. The number of aliphatic carboxylic acids is 1. The normalized spacial score (nSPS) is 35.0. The van der Waals surface area contributed by atoms with Crippen LogP contribution in [0.15, 0.2) is 24.3 Å². The first-order valence-electron chi connectivity index (χ1n) is 9.38. The van der Waals surface area contributed by atoms with Crippen LogP contribution in [0.5, 0.6) is 0 Å². The minimum absolute atomic E-state index is 0.0693. The third kappa shape index (κ3) is 2.26. The molecule has 3 heterocycles. The van der Waals surface area contributed by atoms with Crippen LogP contribution >= 0.6 is 0 Å². The van der Waals surface area contributed by atoms with Gasteiger partial charge in [0.1, 0.15) is 0 Å². The molecule has 2 aromatic rings. The number of hydrogen-bond donors (Lipinski definition) is 3. The second-order valence-electron chi connectivity index (χ2n) is 7.99. The molecular formula is C20H24N2O3. The van der Waals surface area contributed by atoms with Gasteiger partial charge in [0.2, 0.25) is 0 Å².